The third-order valence-corrected chi connectivity index (χ3v) is 6.17. The lowest BCUT2D eigenvalue weighted by atomic mass is 10.1. The minimum Gasteiger partial charge on any atom is -0.332 e. The number of nitrogens with zero attached hydrogens (tertiary/aromatic N) is 3. The Morgan fingerprint density at radius 1 is 1.06 bits per heavy atom. The number of carbonyl (C=O) groups excluding carboxylic acids is 1. The predicted molar refractivity (Wildman–Crippen MR) is 136 cm³/mol. The highest BCUT2D eigenvalue weighted by Crippen LogP contribution is 2.28. The van der Waals surface area contributed by atoms with Gasteiger partial charge in [-0.3, -0.25) is 14.2 Å². The van der Waals surface area contributed by atoms with Crippen molar-refractivity contribution in [2.24, 2.45) is 5.92 Å². The van der Waals surface area contributed by atoms with Crippen LogP contribution in [0.3, 0.4) is 0 Å². The molecule has 0 bridgehead atoms. The quantitative estimate of drug-likeness (QED) is 0.371. The van der Waals surface area contributed by atoms with E-state index in [9.17, 15) is 9.59 Å². The van der Waals surface area contributed by atoms with E-state index in [-0.39, 0.29) is 17.5 Å². The molecule has 0 spiro atoms. The van der Waals surface area contributed by atoms with E-state index < -0.39 is 0 Å². The first-order valence-corrected chi connectivity index (χ1v) is 12.3. The van der Waals surface area contributed by atoms with E-state index in [1.54, 1.807) is 4.57 Å². The van der Waals surface area contributed by atoms with Crippen LogP contribution in [0.1, 0.15) is 77.2 Å². The predicted octanol–water partition coefficient (Wildman–Crippen LogP) is 6.21. The highest BCUT2D eigenvalue weighted by molar-refractivity contribution is 5.79. The number of benzene rings is 2. The number of unbranched alkanes of at least 4 members (excludes halogenated alkanes) is 1. The molecule has 5 heteroatoms. The zero-order valence-electron chi connectivity index (χ0n) is 20.7. The fourth-order valence-corrected chi connectivity index (χ4v) is 4.18. The van der Waals surface area contributed by atoms with Crippen molar-refractivity contribution in [2.75, 3.05) is 6.54 Å². The Morgan fingerprint density at radius 3 is 2.39 bits per heavy atom. The Kier molecular flexibility index (Phi) is 8.43. The number of hydrogen-bond donors (Lipinski definition) is 0. The molecule has 33 heavy (non-hydrogen) atoms. The van der Waals surface area contributed by atoms with E-state index >= 15 is 0 Å². The average molecular weight is 448 g/mol. The summed E-state index contributed by atoms with van der Waals surface area (Å²) < 4.78 is 1.71. The number of fused-ring (bicyclic) bond motifs is 1. The number of hydrogen-bond acceptors (Lipinski definition) is 3. The van der Waals surface area contributed by atoms with E-state index in [0.29, 0.717) is 42.0 Å². The SMILES string of the molecule is CCCCC(=O)N(CCC(C)C)C(CC)c1nc2ccccc2c(=O)n1-c1ccc(C)cc1. The van der Waals surface area contributed by atoms with Crippen molar-refractivity contribution in [1.29, 1.82) is 0 Å². The molecule has 0 radical (unpaired) electrons. The monoisotopic (exact) mass is 447 g/mol. The number of aryl methyl sites for hydroxylation is 1. The molecule has 0 fully saturated rings. The van der Waals surface area contributed by atoms with Crippen molar-refractivity contribution in [2.45, 2.75) is 72.8 Å². The van der Waals surface area contributed by atoms with Gasteiger partial charge in [0.1, 0.15) is 5.82 Å². The summed E-state index contributed by atoms with van der Waals surface area (Å²) in [6.07, 6.45) is 3.96. The van der Waals surface area contributed by atoms with Crippen LogP contribution in [0.4, 0.5) is 0 Å². The number of amides is 1. The van der Waals surface area contributed by atoms with Crippen molar-refractivity contribution in [3.05, 3.63) is 70.3 Å². The van der Waals surface area contributed by atoms with Crippen LogP contribution >= 0.6 is 0 Å². The van der Waals surface area contributed by atoms with Gasteiger partial charge in [0.15, 0.2) is 0 Å². The molecule has 0 saturated heterocycles. The van der Waals surface area contributed by atoms with Crippen LogP contribution in [0.5, 0.6) is 0 Å². The molecule has 176 valence electrons. The highest BCUT2D eigenvalue weighted by Gasteiger charge is 2.28. The second-order valence-corrected chi connectivity index (χ2v) is 9.26. The summed E-state index contributed by atoms with van der Waals surface area (Å²) in [5.41, 5.74) is 2.48. The van der Waals surface area contributed by atoms with Gasteiger partial charge >= 0.3 is 0 Å². The molecule has 0 N–H and O–H groups in total. The fourth-order valence-electron chi connectivity index (χ4n) is 4.18. The molecular weight excluding hydrogens is 410 g/mol. The maximum Gasteiger partial charge on any atom is 0.266 e. The van der Waals surface area contributed by atoms with Crippen LogP contribution in [0.25, 0.3) is 16.6 Å². The minimum absolute atomic E-state index is 0.0947. The number of carbonyl (C=O) groups is 1. The molecular formula is C28H37N3O2. The molecule has 1 atom stereocenters. The molecule has 1 amide bonds. The number of para-hydroxylation sites is 1. The van der Waals surface area contributed by atoms with Gasteiger partial charge in [-0.05, 0) is 56.4 Å². The van der Waals surface area contributed by atoms with Gasteiger partial charge in [0.25, 0.3) is 5.56 Å². The summed E-state index contributed by atoms with van der Waals surface area (Å²) in [5.74, 6) is 1.26. The first-order valence-electron chi connectivity index (χ1n) is 12.3. The Morgan fingerprint density at radius 2 is 1.76 bits per heavy atom. The summed E-state index contributed by atoms with van der Waals surface area (Å²) >= 11 is 0. The topological polar surface area (TPSA) is 55.2 Å². The first-order chi connectivity index (χ1) is 15.9. The summed E-state index contributed by atoms with van der Waals surface area (Å²) in [4.78, 5) is 34.0. The minimum atomic E-state index is -0.272. The van der Waals surface area contributed by atoms with Crippen LogP contribution in [0, 0.1) is 12.8 Å². The molecule has 2 aromatic carbocycles. The lowest BCUT2D eigenvalue weighted by Crippen LogP contribution is -2.39. The van der Waals surface area contributed by atoms with E-state index in [2.05, 4.69) is 27.7 Å². The zero-order chi connectivity index (χ0) is 24.0. The van der Waals surface area contributed by atoms with Crippen LogP contribution in [-0.2, 0) is 4.79 Å². The van der Waals surface area contributed by atoms with Gasteiger partial charge in [-0.1, -0.05) is 63.9 Å². The van der Waals surface area contributed by atoms with Gasteiger partial charge in [0.2, 0.25) is 5.91 Å². The molecule has 1 aromatic heterocycles. The molecule has 0 saturated carbocycles. The van der Waals surface area contributed by atoms with Gasteiger partial charge < -0.3 is 4.90 Å². The average Bonchev–Trinajstić information content (AvgIpc) is 2.81. The number of rotatable bonds is 10. The van der Waals surface area contributed by atoms with Gasteiger partial charge in [0, 0.05) is 13.0 Å². The molecule has 3 rings (SSSR count). The van der Waals surface area contributed by atoms with Crippen molar-refractivity contribution in [1.82, 2.24) is 14.5 Å². The molecule has 1 heterocycles. The standard InChI is InChI=1S/C28H37N3O2/c1-6-8-13-26(32)30(19-18-20(3)4)25(7-2)27-29-24-12-10-9-11-23(24)28(33)31(27)22-16-14-21(5)15-17-22/h9-12,14-17,20,25H,6-8,13,18-19H2,1-5H3. The fraction of sp³-hybridized carbons (Fsp3) is 0.464. The van der Waals surface area contributed by atoms with Crippen molar-refractivity contribution in [3.63, 3.8) is 0 Å². The largest absolute Gasteiger partial charge is 0.332 e. The summed E-state index contributed by atoms with van der Waals surface area (Å²) in [6.45, 7) is 11.2. The maximum absolute atomic E-state index is 13.7. The third-order valence-electron chi connectivity index (χ3n) is 6.17. The van der Waals surface area contributed by atoms with Crippen molar-refractivity contribution < 1.29 is 4.79 Å². The Hall–Kier alpha value is -2.95. The van der Waals surface area contributed by atoms with Crippen LogP contribution in [-0.4, -0.2) is 26.9 Å². The van der Waals surface area contributed by atoms with Crippen LogP contribution < -0.4 is 5.56 Å². The van der Waals surface area contributed by atoms with Crippen LogP contribution in [0.15, 0.2) is 53.3 Å². The lowest BCUT2D eigenvalue weighted by Gasteiger charge is -2.33. The van der Waals surface area contributed by atoms with Gasteiger partial charge in [-0.2, -0.15) is 0 Å². The van der Waals surface area contributed by atoms with Gasteiger partial charge in [-0.25, -0.2) is 4.98 Å². The maximum atomic E-state index is 13.7. The number of aromatic nitrogens is 2. The Bertz CT molecular complexity index is 1130. The molecule has 0 aliphatic heterocycles. The summed E-state index contributed by atoms with van der Waals surface area (Å²) in [6, 6.07) is 15.1. The molecule has 0 aliphatic rings. The highest BCUT2D eigenvalue weighted by atomic mass is 16.2. The second kappa shape index (κ2) is 11.3. The smallest absolute Gasteiger partial charge is 0.266 e. The normalized spacial score (nSPS) is 12.3. The molecule has 5 nitrogen and oxygen atoms in total. The lowest BCUT2D eigenvalue weighted by molar-refractivity contribution is -0.134. The molecule has 3 aromatic rings. The summed E-state index contributed by atoms with van der Waals surface area (Å²) in [5, 5.41) is 0.586. The van der Waals surface area contributed by atoms with Gasteiger partial charge in [0.05, 0.1) is 22.6 Å². The second-order valence-electron chi connectivity index (χ2n) is 9.26. The van der Waals surface area contributed by atoms with E-state index in [0.717, 1.165) is 30.5 Å². The van der Waals surface area contributed by atoms with E-state index in [1.165, 1.54) is 0 Å². The summed E-state index contributed by atoms with van der Waals surface area (Å²) in [7, 11) is 0. The molecule has 0 aliphatic carbocycles. The molecule has 1 unspecified atom stereocenters. The Balaban J connectivity index is 2.21. The first kappa shape index (κ1) is 24.7. The van der Waals surface area contributed by atoms with E-state index in [4.69, 9.17) is 4.98 Å². The van der Waals surface area contributed by atoms with E-state index in [1.807, 2.05) is 60.4 Å². The van der Waals surface area contributed by atoms with Gasteiger partial charge in [-0.15, -0.1) is 0 Å². The third kappa shape index (κ3) is 5.70. The zero-order valence-corrected chi connectivity index (χ0v) is 20.7. The Labute approximate surface area is 197 Å². The van der Waals surface area contributed by atoms with Crippen molar-refractivity contribution >= 4 is 16.8 Å². The van der Waals surface area contributed by atoms with Crippen LogP contribution in [0.2, 0.25) is 0 Å². The van der Waals surface area contributed by atoms with Crippen molar-refractivity contribution in [3.8, 4) is 5.69 Å².